The van der Waals surface area contributed by atoms with Gasteiger partial charge in [0.1, 0.15) is 11.3 Å². The number of fused-ring (bicyclic) bond motifs is 1. The standard InChI is InChI=1S/C15H13N5O4/c1-20-12-9(13(21)19-15(20)23)4-5-10(18-12)14(22)17-8-3-6-11(24-2)16-7-8/h3-7H,1-2H3,(H,17,22)(H,19,21,23). The van der Waals surface area contributed by atoms with Gasteiger partial charge < -0.3 is 10.1 Å². The number of ether oxygens (including phenoxy) is 1. The first-order valence-corrected chi connectivity index (χ1v) is 6.91. The lowest BCUT2D eigenvalue weighted by atomic mass is 10.2. The van der Waals surface area contributed by atoms with Crippen LogP contribution >= 0.6 is 0 Å². The molecule has 3 aromatic heterocycles. The third-order valence-corrected chi connectivity index (χ3v) is 3.40. The maximum atomic E-state index is 12.3. The Morgan fingerprint density at radius 1 is 1.25 bits per heavy atom. The van der Waals surface area contributed by atoms with E-state index in [1.807, 2.05) is 0 Å². The Balaban J connectivity index is 1.96. The van der Waals surface area contributed by atoms with Crippen LogP contribution in [0.1, 0.15) is 10.5 Å². The van der Waals surface area contributed by atoms with Gasteiger partial charge in [-0.15, -0.1) is 0 Å². The summed E-state index contributed by atoms with van der Waals surface area (Å²) in [6, 6.07) is 6.09. The highest BCUT2D eigenvalue weighted by atomic mass is 16.5. The summed E-state index contributed by atoms with van der Waals surface area (Å²) in [6.45, 7) is 0. The van der Waals surface area contributed by atoms with E-state index >= 15 is 0 Å². The third-order valence-electron chi connectivity index (χ3n) is 3.40. The van der Waals surface area contributed by atoms with Crippen LogP contribution < -0.4 is 21.3 Å². The molecule has 0 saturated heterocycles. The summed E-state index contributed by atoms with van der Waals surface area (Å²) in [6.07, 6.45) is 1.44. The van der Waals surface area contributed by atoms with Crippen molar-refractivity contribution in [2.24, 2.45) is 7.05 Å². The largest absolute Gasteiger partial charge is 0.481 e. The van der Waals surface area contributed by atoms with E-state index in [0.29, 0.717) is 11.6 Å². The predicted octanol–water partition coefficient (Wildman–Crippen LogP) is 0.278. The third kappa shape index (κ3) is 2.74. The molecular weight excluding hydrogens is 314 g/mol. The van der Waals surface area contributed by atoms with Gasteiger partial charge in [-0.05, 0) is 18.2 Å². The van der Waals surface area contributed by atoms with Crippen LogP contribution in [0.4, 0.5) is 5.69 Å². The molecule has 122 valence electrons. The predicted molar refractivity (Wildman–Crippen MR) is 86.3 cm³/mol. The Kier molecular flexibility index (Phi) is 3.82. The van der Waals surface area contributed by atoms with Gasteiger partial charge in [0.25, 0.3) is 11.5 Å². The molecule has 0 bridgehead atoms. The van der Waals surface area contributed by atoms with Crippen molar-refractivity contribution in [1.82, 2.24) is 19.5 Å². The Hall–Kier alpha value is -3.49. The second-order valence-electron chi connectivity index (χ2n) is 4.93. The number of aromatic amines is 1. The normalized spacial score (nSPS) is 10.6. The number of carbonyl (C=O) groups is 1. The number of nitrogens with zero attached hydrogens (tertiary/aromatic N) is 3. The van der Waals surface area contributed by atoms with Crippen LogP contribution in [0, 0.1) is 0 Å². The average molecular weight is 327 g/mol. The van der Waals surface area contributed by atoms with Gasteiger partial charge in [0, 0.05) is 13.1 Å². The molecule has 1 amide bonds. The van der Waals surface area contributed by atoms with E-state index in [2.05, 4.69) is 20.3 Å². The van der Waals surface area contributed by atoms with E-state index in [0.717, 1.165) is 0 Å². The van der Waals surface area contributed by atoms with Crippen molar-refractivity contribution < 1.29 is 9.53 Å². The van der Waals surface area contributed by atoms with Crippen LogP contribution in [-0.4, -0.2) is 32.5 Å². The fourth-order valence-electron chi connectivity index (χ4n) is 2.12. The summed E-state index contributed by atoms with van der Waals surface area (Å²) >= 11 is 0. The highest BCUT2D eigenvalue weighted by Gasteiger charge is 2.12. The van der Waals surface area contributed by atoms with Crippen LogP contribution in [0.25, 0.3) is 11.0 Å². The summed E-state index contributed by atoms with van der Waals surface area (Å²) in [7, 11) is 2.95. The first-order valence-electron chi connectivity index (χ1n) is 6.91. The number of aryl methyl sites for hydroxylation is 1. The van der Waals surface area contributed by atoms with Gasteiger partial charge in [-0.3, -0.25) is 19.1 Å². The molecule has 9 nitrogen and oxygen atoms in total. The number of aromatic nitrogens is 4. The van der Waals surface area contributed by atoms with Crippen molar-refractivity contribution in [3.8, 4) is 5.88 Å². The molecule has 3 aromatic rings. The molecule has 0 aromatic carbocycles. The van der Waals surface area contributed by atoms with Crippen molar-refractivity contribution in [3.63, 3.8) is 0 Å². The zero-order valence-electron chi connectivity index (χ0n) is 12.9. The van der Waals surface area contributed by atoms with Gasteiger partial charge in [-0.1, -0.05) is 0 Å². The van der Waals surface area contributed by atoms with Gasteiger partial charge in [-0.25, -0.2) is 14.8 Å². The highest BCUT2D eigenvalue weighted by molar-refractivity contribution is 6.03. The van der Waals surface area contributed by atoms with Crippen LogP contribution in [0.15, 0.2) is 40.1 Å². The Bertz CT molecular complexity index is 1040. The monoisotopic (exact) mass is 327 g/mol. The van der Waals surface area contributed by atoms with Crippen LogP contribution in [0.5, 0.6) is 5.88 Å². The number of hydrogen-bond donors (Lipinski definition) is 2. The number of pyridine rings is 2. The summed E-state index contributed by atoms with van der Waals surface area (Å²) in [5.74, 6) is -0.0670. The Labute approximate surface area is 135 Å². The number of hydrogen-bond acceptors (Lipinski definition) is 6. The minimum Gasteiger partial charge on any atom is -0.481 e. The molecule has 0 fully saturated rings. The van der Waals surface area contributed by atoms with Crippen molar-refractivity contribution in [1.29, 1.82) is 0 Å². The average Bonchev–Trinajstić information content (AvgIpc) is 2.60. The topological polar surface area (TPSA) is 119 Å². The van der Waals surface area contributed by atoms with Crippen molar-refractivity contribution >= 4 is 22.6 Å². The Morgan fingerprint density at radius 3 is 2.71 bits per heavy atom. The second-order valence-corrected chi connectivity index (χ2v) is 4.93. The first kappa shape index (κ1) is 15.4. The molecule has 3 rings (SSSR count). The minimum atomic E-state index is -0.600. The van der Waals surface area contributed by atoms with E-state index in [1.54, 1.807) is 12.1 Å². The SMILES string of the molecule is COc1ccc(NC(=O)c2ccc3c(=O)[nH]c(=O)n(C)c3n2)cn1. The number of anilines is 1. The van der Waals surface area contributed by atoms with Crippen molar-refractivity contribution in [2.45, 2.75) is 0 Å². The van der Waals surface area contributed by atoms with Gasteiger partial charge in [0.15, 0.2) is 0 Å². The number of amides is 1. The molecule has 0 unspecified atom stereocenters. The molecule has 0 aliphatic carbocycles. The summed E-state index contributed by atoms with van der Waals surface area (Å²) in [5.41, 5.74) is -0.491. The summed E-state index contributed by atoms with van der Waals surface area (Å²) < 4.78 is 6.11. The fourth-order valence-corrected chi connectivity index (χ4v) is 2.12. The van der Waals surface area contributed by atoms with Gasteiger partial charge in [-0.2, -0.15) is 0 Å². The molecule has 0 radical (unpaired) electrons. The van der Waals surface area contributed by atoms with Gasteiger partial charge in [0.05, 0.1) is 24.4 Å². The lowest BCUT2D eigenvalue weighted by Gasteiger charge is -2.07. The summed E-state index contributed by atoms with van der Waals surface area (Å²) in [4.78, 5) is 45.9. The summed E-state index contributed by atoms with van der Waals surface area (Å²) in [5, 5.41) is 2.85. The smallest absolute Gasteiger partial charge is 0.329 e. The lowest BCUT2D eigenvalue weighted by Crippen LogP contribution is -2.29. The van der Waals surface area contributed by atoms with Crippen LogP contribution in [-0.2, 0) is 7.05 Å². The molecule has 0 aliphatic heterocycles. The minimum absolute atomic E-state index is 0.0684. The zero-order chi connectivity index (χ0) is 17.3. The molecule has 9 heteroatoms. The number of carbonyl (C=O) groups excluding carboxylic acids is 1. The molecule has 0 spiro atoms. The van der Waals surface area contributed by atoms with E-state index in [1.165, 1.54) is 37.1 Å². The van der Waals surface area contributed by atoms with Crippen LogP contribution in [0.3, 0.4) is 0 Å². The first-order chi connectivity index (χ1) is 11.5. The van der Waals surface area contributed by atoms with Crippen molar-refractivity contribution in [3.05, 3.63) is 57.0 Å². The molecule has 24 heavy (non-hydrogen) atoms. The van der Waals surface area contributed by atoms with E-state index in [-0.39, 0.29) is 16.7 Å². The van der Waals surface area contributed by atoms with Gasteiger partial charge in [0.2, 0.25) is 5.88 Å². The maximum absolute atomic E-state index is 12.3. The molecule has 0 saturated carbocycles. The van der Waals surface area contributed by atoms with E-state index in [4.69, 9.17) is 4.74 Å². The highest BCUT2D eigenvalue weighted by Crippen LogP contribution is 2.13. The van der Waals surface area contributed by atoms with Crippen molar-refractivity contribution in [2.75, 3.05) is 12.4 Å². The molecule has 2 N–H and O–H groups in total. The van der Waals surface area contributed by atoms with Crippen LogP contribution in [0.2, 0.25) is 0 Å². The number of H-pyrrole nitrogens is 1. The number of methoxy groups -OCH3 is 1. The van der Waals surface area contributed by atoms with Gasteiger partial charge >= 0.3 is 5.69 Å². The number of nitrogens with one attached hydrogen (secondary N) is 2. The fraction of sp³-hybridized carbons (Fsp3) is 0.133. The van der Waals surface area contributed by atoms with E-state index < -0.39 is 17.2 Å². The molecular formula is C15H13N5O4. The quantitative estimate of drug-likeness (QED) is 0.713. The molecule has 0 atom stereocenters. The zero-order valence-corrected chi connectivity index (χ0v) is 12.9. The maximum Gasteiger partial charge on any atom is 0.329 e. The number of rotatable bonds is 3. The lowest BCUT2D eigenvalue weighted by molar-refractivity contribution is 0.102. The molecule has 0 aliphatic rings. The molecule has 3 heterocycles. The van der Waals surface area contributed by atoms with E-state index in [9.17, 15) is 14.4 Å². The Morgan fingerprint density at radius 2 is 2.04 bits per heavy atom. The second kappa shape index (κ2) is 5.95.